The van der Waals surface area contributed by atoms with E-state index in [1.165, 1.54) is 12.1 Å². The van der Waals surface area contributed by atoms with Crippen molar-refractivity contribution in [2.45, 2.75) is 18.9 Å². The van der Waals surface area contributed by atoms with Gasteiger partial charge in [0.15, 0.2) is 5.65 Å². The zero-order valence-corrected chi connectivity index (χ0v) is 16.5. The van der Waals surface area contributed by atoms with Crippen LogP contribution in [0, 0.1) is 5.82 Å². The van der Waals surface area contributed by atoms with E-state index in [4.69, 9.17) is 14.7 Å². The van der Waals surface area contributed by atoms with E-state index < -0.39 is 0 Å². The van der Waals surface area contributed by atoms with Crippen molar-refractivity contribution < 1.29 is 9.13 Å². The molecule has 9 heteroatoms. The highest BCUT2D eigenvalue weighted by Gasteiger charge is 2.24. The van der Waals surface area contributed by atoms with Gasteiger partial charge in [-0.2, -0.15) is 4.98 Å². The molecule has 31 heavy (non-hydrogen) atoms. The lowest BCUT2D eigenvalue weighted by atomic mass is 10.1. The Morgan fingerprint density at radius 1 is 1.00 bits per heavy atom. The third-order valence-electron chi connectivity index (χ3n) is 5.62. The molecule has 0 unspecified atom stereocenters. The maximum atomic E-state index is 13.8. The average Bonchev–Trinajstić information content (AvgIpc) is 3.41. The molecule has 0 amide bonds. The van der Waals surface area contributed by atoms with Crippen LogP contribution in [0.25, 0.3) is 39.5 Å². The molecule has 1 aromatic carbocycles. The Balaban J connectivity index is 1.57. The summed E-state index contributed by atoms with van der Waals surface area (Å²) in [7, 11) is 0. The van der Waals surface area contributed by atoms with Crippen LogP contribution >= 0.6 is 0 Å². The first kappa shape index (κ1) is 18.1. The van der Waals surface area contributed by atoms with Crippen LogP contribution in [0.1, 0.15) is 18.9 Å². The summed E-state index contributed by atoms with van der Waals surface area (Å²) in [5.41, 5.74) is 3.64. The molecule has 1 saturated heterocycles. The zero-order chi connectivity index (χ0) is 20.8. The molecule has 8 nitrogen and oxygen atoms in total. The Morgan fingerprint density at radius 3 is 2.74 bits per heavy atom. The third kappa shape index (κ3) is 3.05. The van der Waals surface area contributed by atoms with Crippen LogP contribution in [-0.2, 0) is 4.74 Å². The van der Waals surface area contributed by atoms with E-state index >= 15 is 0 Å². The quantitative estimate of drug-likeness (QED) is 0.447. The Morgan fingerprint density at radius 2 is 1.90 bits per heavy atom. The summed E-state index contributed by atoms with van der Waals surface area (Å²) in [5.74, 6) is 0.899. The molecule has 0 radical (unpaired) electrons. The summed E-state index contributed by atoms with van der Waals surface area (Å²) in [4.78, 5) is 22.8. The van der Waals surface area contributed by atoms with Gasteiger partial charge in [-0.3, -0.25) is 9.55 Å². The van der Waals surface area contributed by atoms with Gasteiger partial charge in [-0.25, -0.2) is 19.3 Å². The van der Waals surface area contributed by atoms with Crippen LogP contribution in [0.3, 0.4) is 0 Å². The number of halogens is 1. The number of fused-ring (bicyclic) bond motifs is 2. The minimum atomic E-state index is -0.332. The van der Waals surface area contributed by atoms with Crippen molar-refractivity contribution >= 4 is 22.2 Å². The van der Waals surface area contributed by atoms with Crippen molar-refractivity contribution in [3.63, 3.8) is 0 Å². The van der Waals surface area contributed by atoms with Crippen molar-refractivity contribution in [2.75, 3.05) is 13.2 Å². The molecular weight excluding hydrogens is 397 g/mol. The summed E-state index contributed by atoms with van der Waals surface area (Å²) < 4.78 is 23.3. The van der Waals surface area contributed by atoms with Crippen LogP contribution in [0.2, 0.25) is 0 Å². The molecule has 4 aromatic heterocycles. The predicted molar refractivity (Wildman–Crippen MR) is 112 cm³/mol. The monoisotopic (exact) mass is 415 g/mol. The molecule has 6 rings (SSSR count). The number of rotatable bonds is 3. The number of pyridine rings is 1. The van der Waals surface area contributed by atoms with Gasteiger partial charge in [0.2, 0.25) is 5.95 Å². The fraction of sp³-hybridized carbons (Fsp3) is 0.227. The summed E-state index contributed by atoms with van der Waals surface area (Å²) in [5, 5.41) is 0. The molecule has 0 spiro atoms. The first-order chi connectivity index (χ1) is 15.3. The minimum absolute atomic E-state index is 0.202. The van der Waals surface area contributed by atoms with Crippen molar-refractivity contribution in [3.8, 4) is 17.3 Å². The second-order valence-electron chi connectivity index (χ2n) is 7.52. The largest absolute Gasteiger partial charge is 0.381 e. The lowest BCUT2D eigenvalue weighted by Gasteiger charge is -2.25. The highest BCUT2D eigenvalue weighted by Crippen LogP contribution is 2.32. The lowest BCUT2D eigenvalue weighted by Crippen LogP contribution is -2.20. The molecule has 154 valence electrons. The number of ether oxygens (including phenoxy) is 1. The van der Waals surface area contributed by atoms with Crippen LogP contribution < -0.4 is 0 Å². The lowest BCUT2D eigenvalue weighted by molar-refractivity contribution is 0.0708. The third-order valence-corrected chi connectivity index (χ3v) is 5.62. The van der Waals surface area contributed by atoms with Crippen LogP contribution in [0.15, 0.2) is 55.2 Å². The van der Waals surface area contributed by atoms with Gasteiger partial charge in [0, 0.05) is 43.3 Å². The predicted octanol–water partition coefficient (Wildman–Crippen LogP) is 3.72. The summed E-state index contributed by atoms with van der Waals surface area (Å²) in [6.07, 6.45) is 8.61. The van der Waals surface area contributed by atoms with Crippen LogP contribution in [0.5, 0.6) is 0 Å². The molecule has 0 N–H and O–H groups in total. The van der Waals surface area contributed by atoms with E-state index in [1.807, 2.05) is 12.1 Å². The van der Waals surface area contributed by atoms with Gasteiger partial charge >= 0.3 is 0 Å². The van der Waals surface area contributed by atoms with Gasteiger partial charge in [-0.15, -0.1) is 0 Å². The number of benzene rings is 1. The van der Waals surface area contributed by atoms with Gasteiger partial charge in [0.1, 0.15) is 23.5 Å². The van der Waals surface area contributed by atoms with Crippen molar-refractivity contribution in [1.29, 1.82) is 0 Å². The maximum absolute atomic E-state index is 13.8. The summed E-state index contributed by atoms with van der Waals surface area (Å²) in [6, 6.07) is 8.56. The molecule has 5 aromatic rings. The first-order valence-electron chi connectivity index (χ1n) is 10.1. The second kappa shape index (κ2) is 7.21. The minimum Gasteiger partial charge on any atom is -0.381 e. The first-order valence-corrected chi connectivity index (χ1v) is 10.1. The van der Waals surface area contributed by atoms with Gasteiger partial charge < -0.3 is 9.30 Å². The Bertz CT molecular complexity index is 1390. The number of aromatic nitrogens is 7. The van der Waals surface area contributed by atoms with E-state index in [2.05, 4.69) is 19.5 Å². The zero-order valence-electron chi connectivity index (χ0n) is 16.5. The fourth-order valence-electron chi connectivity index (χ4n) is 4.13. The molecule has 0 saturated carbocycles. The standard InChI is InChI=1S/C22H18FN7O/c23-15-3-4-17-19(10-15)29(13-26-17)22-25-12-18-21(28-22)30(16-5-8-31-9-6-16)20(27-18)14-2-1-7-24-11-14/h1-4,7,10-13,16H,5-6,8-9H2. The maximum Gasteiger partial charge on any atom is 0.237 e. The van der Waals surface area contributed by atoms with Crippen LogP contribution in [0.4, 0.5) is 4.39 Å². The van der Waals surface area contributed by atoms with Gasteiger partial charge in [0.25, 0.3) is 0 Å². The highest BCUT2D eigenvalue weighted by molar-refractivity contribution is 5.79. The highest BCUT2D eigenvalue weighted by atomic mass is 19.1. The van der Waals surface area contributed by atoms with Crippen molar-refractivity contribution in [3.05, 3.63) is 61.1 Å². The topological polar surface area (TPSA) is 83.5 Å². The molecule has 5 heterocycles. The fourth-order valence-corrected chi connectivity index (χ4v) is 4.13. The number of nitrogens with zero attached hydrogens (tertiary/aromatic N) is 7. The normalized spacial score (nSPS) is 15.1. The molecule has 1 aliphatic rings. The summed E-state index contributed by atoms with van der Waals surface area (Å²) >= 11 is 0. The Kier molecular flexibility index (Phi) is 4.20. The smallest absolute Gasteiger partial charge is 0.237 e. The number of hydrogen-bond donors (Lipinski definition) is 0. The van der Waals surface area contributed by atoms with Gasteiger partial charge in [-0.1, -0.05) is 0 Å². The SMILES string of the molecule is Fc1ccc2ncn(-c3ncc4nc(-c5cccnc5)n(C5CCOCC5)c4n3)c2c1. The van der Waals surface area contributed by atoms with E-state index in [1.54, 1.807) is 35.6 Å². The average molecular weight is 415 g/mol. The van der Waals surface area contributed by atoms with E-state index in [-0.39, 0.29) is 11.9 Å². The number of hydrogen-bond acceptors (Lipinski definition) is 6. The Labute approximate surface area is 176 Å². The van der Waals surface area contributed by atoms with E-state index in [0.717, 1.165) is 29.9 Å². The van der Waals surface area contributed by atoms with E-state index in [0.29, 0.717) is 35.7 Å². The summed E-state index contributed by atoms with van der Waals surface area (Å²) in [6.45, 7) is 1.39. The molecule has 0 bridgehead atoms. The van der Waals surface area contributed by atoms with Crippen LogP contribution in [-0.4, -0.2) is 47.3 Å². The molecule has 1 fully saturated rings. The number of imidazole rings is 2. The molecule has 1 aliphatic heterocycles. The molecule has 0 aliphatic carbocycles. The second-order valence-corrected chi connectivity index (χ2v) is 7.52. The van der Waals surface area contributed by atoms with Gasteiger partial charge in [-0.05, 0) is 37.1 Å². The van der Waals surface area contributed by atoms with E-state index in [9.17, 15) is 4.39 Å². The van der Waals surface area contributed by atoms with Gasteiger partial charge in [0.05, 0.1) is 17.2 Å². The molecular formula is C22H18FN7O. The van der Waals surface area contributed by atoms with Crippen molar-refractivity contribution in [2.24, 2.45) is 0 Å². The molecule has 0 atom stereocenters. The Hall–Kier alpha value is -3.72. The van der Waals surface area contributed by atoms with Crippen molar-refractivity contribution in [1.82, 2.24) is 34.1 Å².